The van der Waals surface area contributed by atoms with Gasteiger partial charge in [0, 0.05) is 22.0 Å². The highest BCUT2D eigenvalue weighted by atomic mass is 35.5. The lowest BCUT2D eigenvalue weighted by Gasteiger charge is -2.11. The predicted molar refractivity (Wildman–Crippen MR) is 147 cm³/mol. The summed E-state index contributed by atoms with van der Waals surface area (Å²) in [4.78, 5) is 24.8. The number of hydrogen-bond acceptors (Lipinski definition) is 4. The van der Waals surface area contributed by atoms with Crippen molar-refractivity contribution >= 4 is 62.1 Å². The van der Waals surface area contributed by atoms with Crippen LogP contribution in [0.3, 0.4) is 0 Å². The van der Waals surface area contributed by atoms with Crippen LogP contribution in [-0.2, 0) is 21.2 Å². The van der Waals surface area contributed by atoms with E-state index >= 15 is 0 Å². The molecule has 0 aliphatic carbocycles. The first-order valence-corrected chi connectivity index (χ1v) is 13.4. The maximum Gasteiger partial charge on any atom is 0.263 e. The molecule has 0 aliphatic rings. The molecule has 7 nitrogen and oxygen atoms in total. The molecule has 0 aliphatic heterocycles. The number of nitrogens with one attached hydrogen (secondary N) is 3. The second-order valence-electron chi connectivity index (χ2n) is 8.12. The normalized spacial score (nSPS) is 11.0. The van der Waals surface area contributed by atoms with Crippen LogP contribution in [0.15, 0.2) is 95.9 Å². The van der Waals surface area contributed by atoms with Crippen LogP contribution in [0.5, 0.6) is 0 Å². The molecule has 11 heteroatoms. The summed E-state index contributed by atoms with van der Waals surface area (Å²) in [6.07, 6.45) is 0.0153. The summed E-state index contributed by atoms with van der Waals surface area (Å²) < 4.78 is 41.7. The minimum absolute atomic E-state index is 0.00366. The molecule has 0 heterocycles. The molecule has 2 amide bonds. The summed E-state index contributed by atoms with van der Waals surface area (Å²) in [5.74, 6) is -1.38. The quantitative estimate of drug-likeness (QED) is 0.228. The van der Waals surface area contributed by atoms with Gasteiger partial charge in [0.25, 0.3) is 15.9 Å². The Morgan fingerprint density at radius 3 is 2.26 bits per heavy atom. The van der Waals surface area contributed by atoms with Gasteiger partial charge in [0.05, 0.1) is 17.1 Å². The van der Waals surface area contributed by atoms with Crippen molar-refractivity contribution in [2.24, 2.45) is 0 Å². The zero-order valence-electron chi connectivity index (χ0n) is 19.5. The summed E-state index contributed by atoms with van der Waals surface area (Å²) in [6, 6.07) is 22.5. The van der Waals surface area contributed by atoms with Crippen LogP contribution in [-0.4, -0.2) is 20.2 Å². The first-order chi connectivity index (χ1) is 18.1. The molecular formula is C27H20Cl2FN3O4S. The molecule has 0 aromatic heterocycles. The van der Waals surface area contributed by atoms with Gasteiger partial charge in [-0.1, -0.05) is 53.5 Å². The van der Waals surface area contributed by atoms with Crippen LogP contribution in [0.1, 0.15) is 15.9 Å². The third-order valence-corrected chi connectivity index (χ3v) is 7.38. The van der Waals surface area contributed by atoms with E-state index in [1.807, 2.05) is 0 Å². The van der Waals surface area contributed by atoms with E-state index in [1.54, 1.807) is 30.3 Å². The van der Waals surface area contributed by atoms with Gasteiger partial charge in [-0.25, -0.2) is 12.8 Å². The Morgan fingerprint density at radius 1 is 0.789 bits per heavy atom. The van der Waals surface area contributed by atoms with Crippen molar-refractivity contribution in [2.75, 3.05) is 15.4 Å². The Hall–Kier alpha value is -3.92. The standard InChI is InChI=1S/C27H20Cl2FN3O4S/c28-19-10-13-22(29)25(16-19)38(36,37)33-21-5-3-4-18(15-21)27(35)31-20-11-8-17(9-12-20)14-26(34)32-24-7-2-1-6-23(24)30/h1-13,15-16,33H,14H2,(H,31,35)(H,32,34). The van der Waals surface area contributed by atoms with Gasteiger partial charge in [-0.15, -0.1) is 0 Å². The first-order valence-electron chi connectivity index (χ1n) is 11.1. The highest BCUT2D eigenvalue weighted by Crippen LogP contribution is 2.27. The third-order valence-electron chi connectivity index (χ3n) is 5.28. The Kier molecular flexibility index (Phi) is 8.31. The average molecular weight is 572 g/mol. The van der Waals surface area contributed by atoms with Crippen LogP contribution in [0.4, 0.5) is 21.5 Å². The second-order valence-corrected chi connectivity index (χ2v) is 10.6. The van der Waals surface area contributed by atoms with Crippen molar-refractivity contribution in [3.05, 3.63) is 118 Å². The topological polar surface area (TPSA) is 104 Å². The van der Waals surface area contributed by atoms with E-state index in [0.29, 0.717) is 11.3 Å². The van der Waals surface area contributed by atoms with E-state index in [2.05, 4.69) is 15.4 Å². The van der Waals surface area contributed by atoms with Crippen molar-refractivity contribution in [3.8, 4) is 0 Å². The van der Waals surface area contributed by atoms with Crippen LogP contribution < -0.4 is 15.4 Å². The van der Waals surface area contributed by atoms with E-state index in [4.69, 9.17) is 23.2 Å². The summed E-state index contributed by atoms with van der Waals surface area (Å²) in [5, 5.41) is 5.45. The average Bonchev–Trinajstić information content (AvgIpc) is 2.88. The number of carbonyl (C=O) groups is 2. The summed E-state index contributed by atoms with van der Waals surface area (Å²) in [6.45, 7) is 0. The fraction of sp³-hybridized carbons (Fsp3) is 0.0370. The Morgan fingerprint density at radius 2 is 1.53 bits per heavy atom. The minimum atomic E-state index is -4.06. The van der Waals surface area contributed by atoms with E-state index in [0.717, 1.165) is 0 Å². The van der Waals surface area contributed by atoms with Crippen LogP contribution >= 0.6 is 23.2 Å². The second kappa shape index (κ2) is 11.6. The highest BCUT2D eigenvalue weighted by molar-refractivity contribution is 7.92. The van der Waals surface area contributed by atoms with Crippen LogP contribution in [0.25, 0.3) is 0 Å². The smallest absolute Gasteiger partial charge is 0.263 e. The van der Waals surface area contributed by atoms with Gasteiger partial charge < -0.3 is 10.6 Å². The van der Waals surface area contributed by atoms with E-state index in [-0.39, 0.29) is 44.2 Å². The number of rotatable bonds is 8. The van der Waals surface area contributed by atoms with Crippen molar-refractivity contribution in [2.45, 2.75) is 11.3 Å². The SMILES string of the molecule is O=C(Cc1ccc(NC(=O)c2cccc(NS(=O)(=O)c3cc(Cl)ccc3Cl)c2)cc1)Nc1ccccc1F. The van der Waals surface area contributed by atoms with Gasteiger partial charge in [0.1, 0.15) is 10.7 Å². The molecule has 0 radical (unpaired) electrons. The number of benzene rings is 4. The lowest BCUT2D eigenvalue weighted by Crippen LogP contribution is -2.16. The molecule has 0 fully saturated rings. The monoisotopic (exact) mass is 571 g/mol. The molecular weight excluding hydrogens is 552 g/mol. The number of anilines is 3. The summed E-state index contributed by atoms with van der Waals surface area (Å²) in [5.41, 5.74) is 1.58. The zero-order chi connectivity index (χ0) is 27.3. The highest BCUT2D eigenvalue weighted by Gasteiger charge is 2.19. The molecule has 4 rings (SSSR count). The maximum atomic E-state index is 13.7. The third kappa shape index (κ3) is 6.89. The van der Waals surface area contributed by atoms with Crippen molar-refractivity contribution in [1.82, 2.24) is 0 Å². The molecule has 0 unspecified atom stereocenters. The summed E-state index contributed by atoms with van der Waals surface area (Å²) >= 11 is 11.9. The van der Waals surface area contributed by atoms with Gasteiger partial charge in [0.15, 0.2) is 0 Å². The lowest BCUT2D eigenvalue weighted by atomic mass is 10.1. The number of hydrogen-bond donors (Lipinski definition) is 3. The van der Waals surface area contributed by atoms with Crippen LogP contribution in [0, 0.1) is 5.82 Å². The number of para-hydroxylation sites is 1. The summed E-state index contributed by atoms with van der Waals surface area (Å²) in [7, 11) is -4.06. The van der Waals surface area contributed by atoms with Gasteiger partial charge in [0.2, 0.25) is 5.91 Å². The molecule has 0 atom stereocenters. The fourth-order valence-electron chi connectivity index (χ4n) is 3.47. The van der Waals surface area contributed by atoms with Gasteiger partial charge in [-0.05, 0) is 66.2 Å². The van der Waals surface area contributed by atoms with E-state index in [9.17, 15) is 22.4 Å². The largest absolute Gasteiger partial charge is 0.323 e. The molecule has 0 spiro atoms. The number of amides is 2. The van der Waals surface area contributed by atoms with Gasteiger partial charge in [-0.3, -0.25) is 14.3 Å². The van der Waals surface area contributed by atoms with Crippen molar-refractivity contribution in [1.29, 1.82) is 0 Å². The number of sulfonamides is 1. The molecule has 4 aromatic rings. The molecule has 0 saturated heterocycles. The molecule has 38 heavy (non-hydrogen) atoms. The van der Waals surface area contributed by atoms with Crippen LogP contribution in [0.2, 0.25) is 10.0 Å². The Bertz CT molecular complexity index is 1610. The first kappa shape index (κ1) is 27.1. The Balaban J connectivity index is 1.39. The van der Waals surface area contributed by atoms with E-state index < -0.39 is 21.7 Å². The van der Waals surface area contributed by atoms with Crippen molar-refractivity contribution in [3.63, 3.8) is 0 Å². The minimum Gasteiger partial charge on any atom is -0.323 e. The number of halogens is 3. The van der Waals surface area contributed by atoms with Gasteiger partial charge in [-0.2, -0.15) is 0 Å². The maximum absolute atomic E-state index is 13.7. The molecule has 0 saturated carbocycles. The van der Waals surface area contributed by atoms with Crippen molar-refractivity contribution < 1.29 is 22.4 Å². The fourth-order valence-corrected chi connectivity index (χ4v) is 5.28. The lowest BCUT2D eigenvalue weighted by molar-refractivity contribution is -0.115. The molecule has 194 valence electrons. The number of carbonyl (C=O) groups excluding carboxylic acids is 2. The molecule has 4 aromatic carbocycles. The van der Waals surface area contributed by atoms with Gasteiger partial charge >= 0.3 is 0 Å². The predicted octanol–water partition coefficient (Wildman–Crippen LogP) is 6.37. The molecule has 3 N–H and O–H groups in total. The Labute approximate surface area is 228 Å². The van der Waals surface area contributed by atoms with E-state index in [1.165, 1.54) is 60.7 Å². The molecule has 0 bridgehead atoms. The zero-order valence-corrected chi connectivity index (χ0v) is 21.9.